The second kappa shape index (κ2) is 6.41. The highest BCUT2D eigenvalue weighted by atomic mass is 19.2. The summed E-state index contributed by atoms with van der Waals surface area (Å²) in [7, 11) is 0. The molecule has 2 fully saturated rings. The van der Waals surface area contributed by atoms with Gasteiger partial charge in [-0.15, -0.1) is 0 Å². The van der Waals surface area contributed by atoms with Crippen LogP contribution in [0.5, 0.6) is 0 Å². The molecule has 3 rings (SSSR count). The number of ether oxygens (including phenoxy) is 1. The summed E-state index contributed by atoms with van der Waals surface area (Å²) in [5.41, 5.74) is 0.909. The van der Waals surface area contributed by atoms with Crippen LogP contribution in [-0.4, -0.2) is 18.2 Å². The van der Waals surface area contributed by atoms with Crippen LogP contribution in [0.25, 0.3) is 0 Å². The third-order valence-electron chi connectivity index (χ3n) is 4.79. The number of hydrogen-bond donors (Lipinski definition) is 1. The molecule has 1 aromatic rings. The van der Waals surface area contributed by atoms with Gasteiger partial charge in [0.05, 0.1) is 11.7 Å². The third kappa shape index (κ3) is 3.61. The summed E-state index contributed by atoms with van der Waals surface area (Å²) >= 11 is 0. The number of hydrogen-bond acceptors (Lipinski definition) is 2. The van der Waals surface area contributed by atoms with Gasteiger partial charge in [-0.25, -0.2) is 8.78 Å². The largest absolute Gasteiger partial charge is 0.370 e. The highest BCUT2D eigenvalue weighted by molar-refractivity contribution is 5.17. The summed E-state index contributed by atoms with van der Waals surface area (Å²) in [5, 5.41) is 3.30. The van der Waals surface area contributed by atoms with E-state index in [4.69, 9.17) is 4.74 Å². The van der Waals surface area contributed by atoms with Crippen molar-refractivity contribution in [2.45, 2.75) is 63.2 Å². The molecular formula is C17H23F2NO. The molecule has 21 heavy (non-hydrogen) atoms. The highest BCUT2D eigenvalue weighted by Crippen LogP contribution is 2.41. The molecule has 1 N–H and O–H groups in total. The van der Waals surface area contributed by atoms with Crippen molar-refractivity contribution in [1.29, 1.82) is 0 Å². The Morgan fingerprint density at radius 3 is 2.67 bits per heavy atom. The van der Waals surface area contributed by atoms with Crippen molar-refractivity contribution in [1.82, 2.24) is 5.32 Å². The van der Waals surface area contributed by atoms with Gasteiger partial charge in [0.2, 0.25) is 0 Å². The van der Waals surface area contributed by atoms with Gasteiger partial charge in [-0.1, -0.05) is 25.3 Å². The summed E-state index contributed by atoms with van der Waals surface area (Å²) in [5.74, 6) is -1.58. The maximum Gasteiger partial charge on any atom is 0.159 e. The van der Waals surface area contributed by atoms with Gasteiger partial charge >= 0.3 is 0 Å². The van der Waals surface area contributed by atoms with Crippen molar-refractivity contribution in [3.8, 4) is 0 Å². The number of nitrogens with one attached hydrogen (secondary N) is 1. The van der Waals surface area contributed by atoms with E-state index >= 15 is 0 Å². The minimum atomic E-state index is -0.794. The second-order valence-electron chi connectivity index (χ2n) is 6.40. The van der Waals surface area contributed by atoms with Crippen LogP contribution in [-0.2, 0) is 11.3 Å². The Hall–Kier alpha value is -1.00. The molecule has 0 aromatic heterocycles. The molecule has 1 unspecified atom stereocenters. The van der Waals surface area contributed by atoms with E-state index in [1.807, 2.05) is 0 Å². The molecule has 1 saturated heterocycles. The molecule has 116 valence electrons. The topological polar surface area (TPSA) is 21.3 Å². The van der Waals surface area contributed by atoms with Crippen LogP contribution >= 0.6 is 0 Å². The lowest BCUT2D eigenvalue weighted by atomic mass is 9.83. The molecule has 0 amide bonds. The van der Waals surface area contributed by atoms with Crippen LogP contribution in [0.15, 0.2) is 18.2 Å². The van der Waals surface area contributed by atoms with Crippen molar-refractivity contribution in [2.24, 2.45) is 0 Å². The summed E-state index contributed by atoms with van der Waals surface area (Å²) in [6.07, 6.45) is 8.84. The first kappa shape index (κ1) is 14.9. The Labute approximate surface area is 124 Å². The predicted molar refractivity (Wildman–Crippen MR) is 78.0 cm³/mol. The lowest BCUT2D eigenvalue weighted by Gasteiger charge is -2.33. The van der Waals surface area contributed by atoms with Gasteiger partial charge in [0.1, 0.15) is 0 Å². The number of rotatable bonds is 4. The van der Waals surface area contributed by atoms with E-state index in [0.717, 1.165) is 18.5 Å². The molecule has 1 aliphatic heterocycles. The van der Waals surface area contributed by atoms with Gasteiger partial charge < -0.3 is 10.1 Å². The Morgan fingerprint density at radius 2 is 1.90 bits per heavy atom. The lowest BCUT2D eigenvalue weighted by Crippen LogP contribution is -2.34. The first-order valence-electron chi connectivity index (χ1n) is 7.99. The molecule has 2 nitrogen and oxygen atoms in total. The van der Waals surface area contributed by atoms with Crippen molar-refractivity contribution in [3.63, 3.8) is 0 Å². The van der Waals surface area contributed by atoms with Gasteiger partial charge in [0, 0.05) is 13.1 Å². The summed E-state index contributed by atoms with van der Waals surface area (Å²) in [6, 6.07) is 4.04. The van der Waals surface area contributed by atoms with E-state index in [1.54, 1.807) is 6.07 Å². The molecule has 0 bridgehead atoms. The van der Waals surface area contributed by atoms with Crippen molar-refractivity contribution in [3.05, 3.63) is 35.4 Å². The van der Waals surface area contributed by atoms with Crippen molar-refractivity contribution < 1.29 is 13.5 Å². The molecule has 2 aliphatic rings. The maximum atomic E-state index is 13.1. The zero-order valence-corrected chi connectivity index (χ0v) is 12.3. The molecule has 1 atom stereocenters. The molecule has 4 heteroatoms. The van der Waals surface area contributed by atoms with E-state index in [1.165, 1.54) is 50.7 Å². The molecule has 1 heterocycles. The monoisotopic (exact) mass is 295 g/mol. The van der Waals surface area contributed by atoms with Crippen LogP contribution in [0.3, 0.4) is 0 Å². The Balaban J connectivity index is 1.44. The van der Waals surface area contributed by atoms with Crippen molar-refractivity contribution >= 4 is 0 Å². The quantitative estimate of drug-likeness (QED) is 0.908. The summed E-state index contributed by atoms with van der Waals surface area (Å²) in [4.78, 5) is 0. The van der Waals surface area contributed by atoms with E-state index in [2.05, 4.69) is 5.32 Å². The van der Waals surface area contributed by atoms with Gasteiger partial charge in [-0.2, -0.15) is 0 Å². The van der Waals surface area contributed by atoms with Crippen LogP contribution < -0.4 is 5.32 Å². The van der Waals surface area contributed by atoms with Gasteiger partial charge in [-0.3, -0.25) is 0 Å². The fourth-order valence-corrected chi connectivity index (χ4v) is 3.63. The smallest absolute Gasteiger partial charge is 0.159 e. The van der Waals surface area contributed by atoms with Crippen LogP contribution in [0.2, 0.25) is 0 Å². The van der Waals surface area contributed by atoms with Gasteiger partial charge in [-0.05, 0) is 43.4 Å². The average Bonchev–Trinajstić information content (AvgIpc) is 2.86. The SMILES string of the molecule is Fc1ccc(CNCC2CCC3(CCCCC3)O2)cc1F. The van der Waals surface area contributed by atoms with Gasteiger partial charge in [0.15, 0.2) is 11.6 Å². The Bertz CT molecular complexity index is 486. The normalized spacial score (nSPS) is 24.6. The molecule has 1 aromatic carbocycles. The average molecular weight is 295 g/mol. The second-order valence-corrected chi connectivity index (χ2v) is 6.40. The fraction of sp³-hybridized carbons (Fsp3) is 0.647. The Morgan fingerprint density at radius 1 is 1.10 bits per heavy atom. The Kier molecular flexibility index (Phi) is 4.55. The van der Waals surface area contributed by atoms with E-state index < -0.39 is 11.6 Å². The standard InChI is InChI=1S/C17H23F2NO/c18-15-5-4-13(10-16(15)19)11-20-12-14-6-9-17(21-14)7-2-1-3-8-17/h4-5,10,14,20H,1-3,6-9,11-12H2. The maximum absolute atomic E-state index is 13.1. The predicted octanol–water partition coefficient (Wildman–Crippen LogP) is 3.94. The zero-order valence-electron chi connectivity index (χ0n) is 12.3. The minimum Gasteiger partial charge on any atom is -0.370 e. The number of halogens is 2. The molecule has 1 aliphatic carbocycles. The zero-order chi connectivity index (χ0) is 14.7. The van der Waals surface area contributed by atoms with E-state index in [0.29, 0.717) is 6.54 Å². The minimum absolute atomic E-state index is 0.145. The van der Waals surface area contributed by atoms with Crippen LogP contribution in [0, 0.1) is 11.6 Å². The molecule has 0 radical (unpaired) electrons. The highest BCUT2D eigenvalue weighted by Gasteiger charge is 2.40. The van der Waals surface area contributed by atoms with Crippen LogP contribution in [0.4, 0.5) is 8.78 Å². The lowest BCUT2D eigenvalue weighted by molar-refractivity contribution is -0.0624. The number of benzene rings is 1. The first-order valence-corrected chi connectivity index (χ1v) is 7.99. The van der Waals surface area contributed by atoms with E-state index in [9.17, 15) is 8.78 Å². The van der Waals surface area contributed by atoms with Gasteiger partial charge in [0.25, 0.3) is 0 Å². The molecule has 1 saturated carbocycles. The fourth-order valence-electron chi connectivity index (χ4n) is 3.63. The third-order valence-corrected chi connectivity index (χ3v) is 4.79. The van der Waals surface area contributed by atoms with Crippen LogP contribution in [0.1, 0.15) is 50.5 Å². The summed E-state index contributed by atoms with van der Waals surface area (Å²) in [6.45, 7) is 1.32. The first-order chi connectivity index (χ1) is 10.2. The molecular weight excluding hydrogens is 272 g/mol. The summed E-state index contributed by atoms with van der Waals surface area (Å²) < 4.78 is 32.2. The molecule has 1 spiro atoms. The van der Waals surface area contributed by atoms with Crippen molar-refractivity contribution in [2.75, 3.05) is 6.54 Å². The van der Waals surface area contributed by atoms with E-state index in [-0.39, 0.29) is 11.7 Å².